The van der Waals surface area contributed by atoms with Crippen molar-refractivity contribution in [1.82, 2.24) is 15.5 Å². The number of H-pyrrole nitrogens is 1. The molecular weight excluding hydrogens is 272 g/mol. The van der Waals surface area contributed by atoms with Crippen LogP contribution in [0.1, 0.15) is 60.6 Å². The molecule has 1 aromatic heterocycles. The Morgan fingerprint density at radius 3 is 2.90 bits per heavy atom. The van der Waals surface area contributed by atoms with Crippen LogP contribution in [0, 0.1) is 0 Å². The first kappa shape index (κ1) is 13.8. The summed E-state index contributed by atoms with van der Waals surface area (Å²) in [6.07, 6.45) is 8.97. The highest BCUT2D eigenvalue weighted by molar-refractivity contribution is 7.99. The number of thioether (sulfide) groups is 1. The number of carbonyl (C=O) groups excluding carboxylic acids is 1. The number of hydrogen-bond donors (Lipinski definition) is 3. The smallest absolute Gasteiger partial charge is 0.274 e. The van der Waals surface area contributed by atoms with Gasteiger partial charge < -0.3 is 11.1 Å². The Morgan fingerprint density at radius 2 is 2.20 bits per heavy atom. The number of aromatic nitrogens is 2. The zero-order valence-corrected chi connectivity index (χ0v) is 12.6. The molecule has 1 aromatic rings. The van der Waals surface area contributed by atoms with E-state index in [2.05, 4.69) is 21.8 Å². The number of carbonyl (C=O) groups is 1. The quantitative estimate of drug-likeness (QED) is 0.795. The van der Waals surface area contributed by atoms with Crippen LogP contribution in [0.5, 0.6) is 0 Å². The third-order valence-corrected chi connectivity index (χ3v) is 5.42. The third kappa shape index (κ3) is 2.80. The summed E-state index contributed by atoms with van der Waals surface area (Å²) in [5.41, 5.74) is 7.91. The van der Waals surface area contributed by atoms with Gasteiger partial charge in [-0.2, -0.15) is 16.9 Å². The summed E-state index contributed by atoms with van der Waals surface area (Å²) in [5, 5.41) is 10.8. The fourth-order valence-corrected chi connectivity index (χ4v) is 3.79. The summed E-state index contributed by atoms with van der Waals surface area (Å²) in [5.74, 6) is 0.358. The Kier molecular flexibility index (Phi) is 3.92. The molecule has 2 unspecified atom stereocenters. The van der Waals surface area contributed by atoms with E-state index in [1.165, 1.54) is 12.8 Å². The first-order valence-electron chi connectivity index (χ1n) is 7.36. The maximum atomic E-state index is 12.3. The standard InChI is InChI=1S/C14H22N4OS/c1-20-10-4-2-3-9(7-10)16-14(19)13-11(15)12(17-18-13)8-5-6-8/h8-10H,2-7,15H2,1H3,(H,16,19)(H,17,18). The number of hydrogen-bond acceptors (Lipinski definition) is 4. The minimum Gasteiger partial charge on any atom is -0.395 e. The highest BCUT2D eigenvalue weighted by atomic mass is 32.2. The Hall–Kier alpha value is -1.17. The zero-order chi connectivity index (χ0) is 14.1. The van der Waals surface area contributed by atoms with Gasteiger partial charge in [0.15, 0.2) is 5.69 Å². The van der Waals surface area contributed by atoms with Gasteiger partial charge in [-0.25, -0.2) is 0 Å². The van der Waals surface area contributed by atoms with Crippen LogP contribution in [0.4, 0.5) is 5.69 Å². The summed E-state index contributed by atoms with van der Waals surface area (Å²) in [7, 11) is 0. The fourth-order valence-electron chi connectivity index (χ4n) is 2.96. The molecule has 2 aliphatic rings. The fraction of sp³-hybridized carbons (Fsp3) is 0.714. The molecule has 0 bridgehead atoms. The topological polar surface area (TPSA) is 83.8 Å². The molecule has 2 fully saturated rings. The average Bonchev–Trinajstić information content (AvgIpc) is 3.22. The van der Waals surface area contributed by atoms with Crippen molar-refractivity contribution in [3.63, 3.8) is 0 Å². The number of amides is 1. The number of anilines is 1. The van der Waals surface area contributed by atoms with Crippen LogP contribution in [0.15, 0.2) is 0 Å². The predicted molar refractivity (Wildman–Crippen MR) is 82.0 cm³/mol. The van der Waals surface area contributed by atoms with Crippen molar-refractivity contribution in [2.24, 2.45) is 0 Å². The minimum absolute atomic E-state index is 0.127. The Labute approximate surface area is 123 Å². The van der Waals surface area contributed by atoms with Gasteiger partial charge in [-0.3, -0.25) is 9.89 Å². The predicted octanol–water partition coefficient (Wildman–Crippen LogP) is 2.27. The number of nitrogens with two attached hydrogens (primary N) is 1. The maximum absolute atomic E-state index is 12.3. The molecule has 0 radical (unpaired) electrons. The van der Waals surface area contributed by atoms with Gasteiger partial charge >= 0.3 is 0 Å². The Morgan fingerprint density at radius 1 is 1.40 bits per heavy atom. The van der Waals surface area contributed by atoms with E-state index >= 15 is 0 Å². The van der Waals surface area contributed by atoms with Crippen LogP contribution in [0.2, 0.25) is 0 Å². The van der Waals surface area contributed by atoms with Crippen molar-refractivity contribution in [3.8, 4) is 0 Å². The van der Waals surface area contributed by atoms with E-state index < -0.39 is 0 Å². The molecule has 2 saturated carbocycles. The summed E-state index contributed by atoms with van der Waals surface area (Å²) in [4.78, 5) is 12.3. The lowest BCUT2D eigenvalue weighted by Gasteiger charge is -2.28. The van der Waals surface area contributed by atoms with Crippen LogP contribution in [0.25, 0.3) is 0 Å². The summed E-state index contributed by atoms with van der Waals surface area (Å²) < 4.78 is 0. The summed E-state index contributed by atoms with van der Waals surface area (Å²) in [6.45, 7) is 0. The van der Waals surface area contributed by atoms with Crippen molar-refractivity contribution < 1.29 is 4.79 Å². The molecule has 1 heterocycles. The number of aromatic amines is 1. The minimum atomic E-state index is -0.127. The van der Waals surface area contributed by atoms with E-state index in [9.17, 15) is 4.79 Å². The van der Waals surface area contributed by atoms with Crippen molar-refractivity contribution in [2.45, 2.75) is 55.7 Å². The zero-order valence-electron chi connectivity index (χ0n) is 11.8. The molecule has 20 heavy (non-hydrogen) atoms. The molecule has 2 aliphatic carbocycles. The highest BCUT2D eigenvalue weighted by Gasteiger charge is 2.31. The van der Waals surface area contributed by atoms with Crippen molar-refractivity contribution >= 4 is 23.4 Å². The second kappa shape index (κ2) is 5.68. The van der Waals surface area contributed by atoms with Gasteiger partial charge in [-0.15, -0.1) is 0 Å². The second-order valence-electron chi connectivity index (χ2n) is 5.87. The second-order valence-corrected chi connectivity index (χ2v) is 7.01. The van der Waals surface area contributed by atoms with E-state index in [1.807, 2.05) is 11.8 Å². The van der Waals surface area contributed by atoms with Gasteiger partial charge in [0.25, 0.3) is 5.91 Å². The van der Waals surface area contributed by atoms with Crippen LogP contribution < -0.4 is 11.1 Å². The van der Waals surface area contributed by atoms with Gasteiger partial charge in [0.1, 0.15) is 0 Å². The lowest BCUT2D eigenvalue weighted by Crippen LogP contribution is -2.39. The molecule has 0 spiro atoms. The molecule has 0 aromatic carbocycles. The molecule has 5 nitrogen and oxygen atoms in total. The summed E-state index contributed by atoms with van der Waals surface area (Å²) >= 11 is 1.89. The summed E-state index contributed by atoms with van der Waals surface area (Å²) in [6, 6.07) is 0.258. The molecule has 1 amide bonds. The first-order valence-corrected chi connectivity index (χ1v) is 8.65. The van der Waals surface area contributed by atoms with E-state index in [0.717, 1.165) is 31.4 Å². The van der Waals surface area contributed by atoms with Crippen molar-refractivity contribution in [3.05, 3.63) is 11.4 Å². The molecule has 0 saturated heterocycles. The largest absolute Gasteiger partial charge is 0.395 e. The SMILES string of the molecule is CSC1CCCC(NC(=O)c2n[nH]c(C3CC3)c2N)C1. The molecule has 0 aliphatic heterocycles. The molecular formula is C14H22N4OS. The van der Waals surface area contributed by atoms with Crippen LogP contribution in [-0.2, 0) is 0 Å². The van der Waals surface area contributed by atoms with Crippen LogP contribution in [0.3, 0.4) is 0 Å². The lowest BCUT2D eigenvalue weighted by molar-refractivity contribution is 0.0924. The molecule has 6 heteroatoms. The first-order chi connectivity index (χ1) is 9.69. The van der Waals surface area contributed by atoms with Gasteiger partial charge in [0.2, 0.25) is 0 Å². The monoisotopic (exact) mass is 294 g/mol. The van der Waals surface area contributed by atoms with Crippen molar-refractivity contribution in [2.75, 3.05) is 12.0 Å². The number of nitrogen functional groups attached to an aromatic ring is 1. The lowest BCUT2D eigenvalue weighted by atomic mass is 9.95. The highest BCUT2D eigenvalue weighted by Crippen LogP contribution is 2.42. The Balaban J connectivity index is 1.64. The van der Waals surface area contributed by atoms with Gasteiger partial charge in [0, 0.05) is 17.2 Å². The van der Waals surface area contributed by atoms with Gasteiger partial charge in [-0.1, -0.05) is 6.42 Å². The Bertz CT molecular complexity index is 497. The molecule has 2 atom stereocenters. The van der Waals surface area contributed by atoms with Gasteiger partial charge in [-0.05, 0) is 38.4 Å². The van der Waals surface area contributed by atoms with Gasteiger partial charge in [0.05, 0.1) is 11.4 Å². The third-order valence-electron chi connectivity index (χ3n) is 4.33. The molecule has 3 rings (SSSR count). The van der Waals surface area contributed by atoms with E-state index in [-0.39, 0.29) is 11.9 Å². The molecule has 4 N–H and O–H groups in total. The number of rotatable bonds is 4. The van der Waals surface area contributed by atoms with Crippen LogP contribution >= 0.6 is 11.8 Å². The normalized spacial score (nSPS) is 26.4. The van der Waals surface area contributed by atoms with Crippen molar-refractivity contribution in [1.29, 1.82) is 0 Å². The number of nitrogens with zero attached hydrogens (tertiary/aromatic N) is 1. The van der Waals surface area contributed by atoms with Crippen LogP contribution in [-0.4, -0.2) is 33.7 Å². The number of nitrogens with one attached hydrogen (secondary N) is 2. The van der Waals surface area contributed by atoms with E-state index in [1.54, 1.807) is 0 Å². The average molecular weight is 294 g/mol. The van der Waals surface area contributed by atoms with E-state index in [0.29, 0.717) is 22.5 Å². The van der Waals surface area contributed by atoms with E-state index in [4.69, 9.17) is 5.73 Å². The molecule has 110 valence electrons. The maximum Gasteiger partial charge on any atom is 0.274 e.